The Bertz CT molecular complexity index is 676. The van der Waals surface area contributed by atoms with E-state index >= 15 is 0 Å². The lowest BCUT2D eigenvalue weighted by molar-refractivity contribution is -0.147. The van der Waals surface area contributed by atoms with Crippen LogP contribution in [0.5, 0.6) is 5.75 Å². The number of unbranched alkanes of at least 4 members (excludes halogenated alkanes) is 4. The fraction of sp³-hybridized carbons (Fsp3) is 0.667. The van der Waals surface area contributed by atoms with Gasteiger partial charge in [0.2, 0.25) is 0 Å². The first kappa shape index (κ1) is 23.2. The molecule has 1 aliphatic rings. The Labute approximate surface area is 174 Å². The molecule has 2 N–H and O–H groups in total. The number of carboxylic acids is 1. The number of carbonyl (C=O) groups excluding carboxylic acids is 1. The third-order valence-corrected chi connectivity index (χ3v) is 6.18. The molecule has 0 atom stereocenters. The zero-order valence-corrected chi connectivity index (χ0v) is 17.9. The van der Waals surface area contributed by atoms with Gasteiger partial charge in [-0.05, 0) is 88.8 Å². The van der Waals surface area contributed by atoms with Crippen molar-refractivity contribution in [3.05, 3.63) is 29.3 Å². The van der Waals surface area contributed by atoms with Gasteiger partial charge in [0.1, 0.15) is 11.4 Å². The number of benzene rings is 1. The number of carboxylic acid groups (broad SMARTS) is 1. The smallest absolute Gasteiger partial charge is 0.309 e. The summed E-state index contributed by atoms with van der Waals surface area (Å²) in [6.45, 7) is 4.12. The molecule has 0 radical (unpaired) electrons. The average molecular weight is 405 g/mol. The minimum Gasteiger partial charge on any atom is -0.508 e. The molecule has 0 bridgehead atoms. The molecule has 5 nitrogen and oxygen atoms in total. The molecule has 0 aliphatic heterocycles. The fourth-order valence-corrected chi connectivity index (χ4v) is 3.76. The van der Waals surface area contributed by atoms with Crippen LogP contribution in [-0.4, -0.2) is 28.3 Å². The maximum absolute atomic E-state index is 11.1. The number of rotatable bonds is 15. The number of hydrogen-bond acceptors (Lipinski definition) is 4. The molecule has 1 aliphatic carbocycles. The number of aryl methyl sites for hydroxylation is 2. The zero-order chi connectivity index (χ0) is 21.3. The Kier molecular flexibility index (Phi) is 8.54. The van der Waals surface area contributed by atoms with E-state index in [0.29, 0.717) is 18.6 Å². The Hall–Kier alpha value is -2.04. The van der Waals surface area contributed by atoms with E-state index in [1.807, 2.05) is 12.1 Å². The Balaban J connectivity index is 1.62. The van der Waals surface area contributed by atoms with E-state index in [9.17, 15) is 14.7 Å². The first-order valence-electron chi connectivity index (χ1n) is 10.9. The summed E-state index contributed by atoms with van der Waals surface area (Å²) in [7, 11) is 0. The molecule has 0 saturated heterocycles. The topological polar surface area (TPSA) is 83.8 Å². The molecule has 1 aromatic rings. The lowest BCUT2D eigenvalue weighted by Crippen LogP contribution is -2.23. The fourth-order valence-electron chi connectivity index (χ4n) is 3.76. The van der Waals surface area contributed by atoms with Crippen molar-refractivity contribution in [3.8, 4) is 5.75 Å². The zero-order valence-electron chi connectivity index (χ0n) is 17.9. The van der Waals surface area contributed by atoms with Crippen molar-refractivity contribution in [2.75, 3.05) is 0 Å². The average Bonchev–Trinajstić information content (AvgIpc) is 3.42. The van der Waals surface area contributed by atoms with Gasteiger partial charge in [-0.25, -0.2) is 0 Å². The third-order valence-electron chi connectivity index (χ3n) is 6.18. The van der Waals surface area contributed by atoms with Gasteiger partial charge in [-0.2, -0.15) is 0 Å². The van der Waals surface area contributed by atoms with Crippen LogP contribution in [-0.2, 0) is 27.2 Å². The van der Waals surface area contributed by atoms with E-state index < -0.39 is 11.4 Å². The molecule has 2 rings (SSSR count). The molecule has 0 aromatic heterocycles. The molecule has 162 valence electrons. The van der Waals surface area contributed by atoms with Gasteiger partial charge in [0.25, 0.3) is 6.47 Å². The molecule has 1 aromatic carbocycles. The van der Waals surface area contributed by atoms with Crippen LogP contribution in [0.1, 0.15) is 89.2 Å². The van der Waals surface area contributed by atoms with E-state index in [0.717, 1.165) is 81.8 Å². The maximum Gasteiger partial charge on any atom is 0.309 e. The Morgan fingerprint density at radius 3 is 2.41 bits per heavy atom. The summed E-state index contributed by atoms with van der Waals surface area (Å²) in [6.07, 6.45) is 11.4. The molecule has 0 unspecified atom stereocenters. The van der Waals surface area contributed by atoms with Crippen molar-refractivity contribution in [1.82, 2.24) is 0 Å². The summed E-state index contributed by atoms with van der Waals surface area (Å²) in [6, 6.07) is 5.98. The molecule has 0 heterocycles. The standard InChI is InChI=1S/C24H36O5/c1-23(2,22(27)28)13-7-3-5-9-19-11-12-20(21(26)17-19)10-6-4-8-14-24(15-16-24)29-18-25/h11-12,17-18,26H,3-10,13-16H2,1-2H3,(H,27,28). The molecule has 29 heavy (non-hydrogen) atoms. The Morgan fingerprint density at radius 2 is 1.79 bits per heavy atom. The molecule has 1 fully saturated rings. The highest BCUT2D eigenvalue weighted by atomic mass is 16.5. The predicted octanol–water partition coefficient (Wildman–Crippen LogP) is 5.41. The number of aliphatic carboxylic acids is 1. The monoisotopic (exact) mass is 404 g/mol. The van der Waals surface area contributed by atoms with E-state index in [1.165, 1.54) is 0 Å². The summed E-state index contributed by atoms with van der Waals surface area (Å²) in [5, 5.41) is 19.4. The summed E-state index contributed by atoms with van der Waals surface area (Å²) in [5.74, 6) is -0.364. The summed E-state index contributed by atoms with van der Waals surface area (Å²) >= 11 is 0. The highest BCUT2D eigenvalue weighted by Gasteiger charge is 2.44. The lowest BCUT2D eigenvalue weighted by atomic mass is 9.87. The molecular weight excluding hydrogens is 368 g/mol. The van der Waals surface area contributed by atoms with Gasteiger partial charge in [0.05, 0.1) is 5.41 Å². The summed E-state index contributed by atoms with van der Waals surface area (Å²) in [5.41, 5.74) is 1.31. The van der Waals surface area contributed by atoms with Crippen LogP contribution in [0.15, 0.2) is 18.2 Å². The van der Waals surface area contributed by atoms with Gasteiger partial charge in [-0.1, -0.05) is 31.4 Å². The van der Waals surface area contributed by atoms with E-state index in [2.05, 4.69) is 6.07 Å². The van der Waals surface area contributed by atoms with Crippen molar-refractivity contribution < 1.29 is 24.5 Å². The number of ether oxygens (including phenoxy) is 1. The third kappa shape index (κ3) is 7.71. The van der Waals surface area contributed by atoms with Crippen molar-refractivity contribution in [2.45, 2.75) is 96.5 Å². The summed E-state index contributed by atoms with van der Waals surface area (Å²) in [4.78, 5) is 21.6. The highest BCUT2D eigenvalue weighted by molar-refractivity contribution is 5.73. The SMILES string of the molecule is CC(C)(CCCCCc1ccc(CCCCCC2(OC=O)CC2)c(O)c1)C(=O)O. The van der Waals surface area contributed by atoms with Crippen LogP contribution in [0, 0.1) is 5.41 Å². The largest absolute Gasteiger partial charge is 0.508 e. The van der Waals surface area contributed by atoms with Crippen LogP contribution in [0.2, 0.25) is 0 Å². The maximum atomic E-state index is 11.1. The number of hydrogen-bond donors (Lipinski definition) is 2. The minimum absolute atomic E-state index is 0.158. The van der Waals surface area contributed by atoms with Crippen LogP contribution in [0.25, 0.3) is 0 Å². The quantitative estimate of drug-likeness (QED) is 0.301. The van der Waals surface area contributed by atoms with Gasteiger partial charge in [-0.15, -0.1) is 0 Å². The van der Waals surface area contributed by atoms with E-state index in [-0.39, 0.29) is 5.60 Å². The van der Waals surface area contributed by atoms with Gasteiger partial charge in [0, 0.05) is 0 Å². The number of phenols is 1. The van der Waals surface area contributed by atoms with Gasteiger partial charge < -0.3 is 14.9 Å². The van der Waals surface area contributed by atoms with E-state index in [1.54, 1.807) is 13.8 Å². The van der Waals surface area contributed by atoms with Crippen molar-refractivity contribution in [1.29, 1.82) is 0 Å². The predicted molar refractivity (Wildman–Crippen MR) is 113 cm³/mol. The van der Waals surface area contributed by atoms with Crippen molar-refractivity contribution in [3.63, 3.8) is 0 Å². The van der Waals surface area contributed by atoms with Crippen molar-refractivity contribution in [2.24, 2.45) is 5.41 Å². The van der Waals surface area contributed by atoms with E-state index in [4.69, 9.17) is 9.84 Å². The second-order valence-electron chi connectivity index (χ2n) is 9.17. The molecular formula is C24H36O5. The van der Waals surface area contributed by atoms with Crippen LogP contribution in [0.3, 0.4) is 0 Å². The summed E-state index contributed by atoms with van der Waals surface area (Å²) < 4.78 is 5.17. The highest BCUT2D eigenvalue weighted by Crippen LogP contribution is 2.43. The molecule has 0 spiro atoms. The first-order chi connectivity index (χ1) is 13.8. The number of aromatic hydroxyl groups is 1. The van der Waals surface area contributed by atoms with Gasteiger partial charge in [0.15, 0.2) is 0 Å². The van der Waals surface area contributed by atoms with Gasteiger partial charge >= 0.3 is 5.97 Å². The lowest BCUT2D eigenvalue weighted by Gasteiger charge is -2.18. The second-order valence-corrected chi connectivity index (χ2v) is 9.17. The normalized spacial score (nSPS) is 15.1. The number of phenolic OH excluding ortho intramolecular Hbond substituents is 1. The molecule has 1 saturated carbocycles. The van der Waals surface area contributed by atoms with Gasteiger partial charge in [-0.3, -0.25) is 9.59 Å². The van der Waals surface area contributed by atoms with Crippen LogP contribution < -0.4 is 0 Å². The first-order valence-corrected chi connectivity index (χ1v) is 10.9. The second kappa shape index (κ2) is 10.7. The molecule has 5 heteroatoms. The number of carbonyl (C=O) groups is 2. The van der Waals surface area contributed by atoms with Crippen molar-refractivity contribution >= 4 is 12.4 Å². The van der Waals surface area contributed by atoms with Crippen LogP contribution in [0.4, 0.5) is 0 Å². The van der Waals surface area contributed by atoms with Crippen LogP contribution >= 0.6 is 0 Å². The minimum atomic E-state index is -0.737. The molecule has 0 amide bonds. The Morgan fingerprint density at radius 1 is 1.10 bits per heavy atom.